The Labute approximate surface area is 322 Å². The Morgan fingerprint density at radius 1 is 0.218 bits per heavy atom. The molecule has 0 N–H and O–H groups in total. The van der Waals surface area contributed by atoms with Gasteiger partial charge in [0.1, 0.15) is 0 Å². The SMILES string of the molecule is c1ccc(-c2ccc(N(c3ccc(-c4cc5ccccc5c5ccccc45)cc3)c3cccc(-c4cccc5ccccc45)c3)cc2-c2ccccc2)cc1. The Kier molecular flexibility index (Phi) is 8.24. The van der Waals surface area contributed by atoms with Gasteiger partial charge in [-0.15, -0.1) is 0 Å². The van der Waals surface area contributed by atoms with Crippen molar-refractivity contribution in [1.29, 1.82) is 0 Å². The van der Waals surface area contributed by atoms with Gasteiger partial charge in [-0.1, -0.05) is 182 Å². The van der Waals surface area contributed by atoms with Crippen LogP contribution in [0.3, 0.4) is 0 Å². The molecule has 0 unspecified atom stereocenters. The summed E-state index contributed by atoms with van der Waals surface area (Å²) < 4.78 is 0. The van der Waals surface area contributed by atoms with Crippen LogP contribution in [-0.2, 0) is 0 Å². The van der Waals surface area contributed by atoms with Crippen LogP contribution < -0.4 is 4.90 Å². The highest BCUT2D eigenvalue weighted by Crippen LogP contribution is 2.43. The van der Waals surface area contributed by atoms with Gasteiger partial charge in [-0.25, -0.2) is 0 Å². The van der Waals surface area contributed by atoms with Crippen LogP contribution in [0.4, 0.5) is 17.1 Å². The maximum Gasteiger partial charge on any atom is 0.0468 e. The van der Waals surface area contributed by atoms with Gasteiger partial charge >= 0.3 is 0 Å². The van der Waals surface area contributed by atoms with E-state index in [1.54, 1.807) is 0 Å². The van der Waals surface area contributed by atoms with Gasteiger partial charge in [0.2, 0.25) is 0 Å². The van der Waals surface area contributed by atoms with Gasteiger partial charge in [0, 0.05) is 17.1 Å². The monoisotopic (exact) mass is 699 g/mol. The maximum atomic E-state index is 2.40. The molecule has 258 valence electrons. The third-order valence-electron chi connectivity index (χ3n) is 10.8. The van der Waals surface area contributed by atoms with Gasteiger partial charge < -0.3 is 4.90 Å². The zero-order valence-electron chi connectivity index (χ0n) is 30.3. The summed E-state index contributed by atoms with van der Waals surface area (Å²) in [6.07, 6.45) is 0. The normalized spacial score (nSPS) is 11.3. The Balaban J connectivity index is 1.16. The predicted octanol–water partition coefficient (Wildman–Crippen LogP) is 15.3. The minimum Gasteiger partial charge on any atom is -0.310 e. The van der Waals surface area contributed by atoms with Gasteiger partial charge in [-0.2, -0.15) is 0 Å². The Hall–Kier alpha value is -7.22. The summed E-state index contributed by atoms with van der Waals surface area (Å²) >= 11 is 0. The summed E-state index contributed by atoms with van der Waals surface area (Å²) in [5, 5.41) is 7.56. The van der Waals surface area contributed by atoms with E-state index in [4.69, 9.17) is 0 Å². The molecule has 0 saturated carbocycles. The molecule has 0 bridgehead atoms. The van der Waals surface area contributed by atoms with Crippen LogP contribution in [0.5, 0.6) is 0 Å². The summed E-state index contributed by atoms with van der Waals surface area (Å²) in [6.45, 7) is 0. The van der Waals surface area contributed by atoms with Gasteiger partial charge in [-0.05, 0) is 119 Å². The van der Waals surface area contributed by atoms with Crippen LogP contribution in [0.2, 0.25) is 0 Å². The summed E-state index contributed by atoms with van der Waals surface area (Å²) in [5.41, 5.74) is 12.9. The van der Waals surface area contributed by atoms with Crippen molar-refractivity contribution in [3.05, 3.63) is 224 Å². The molecule has 0 heterocycles. The number of anilines is 3. The molecule has 0 radical (unpaired) electrons. The molecule has 0 atom stereocenters. The van der Waals surface area contributed by atoms with Crippen LogP contribution in [0.25, 0.3) is 76.8 Å². The minimum atomic E-state index is 1.09. The average Bonchev–Trinajstić information content (AvgIpc) is 3.27. The molecule has 0 amide bonds. The van der Waals surface area contributed by atoms with Crippen LogP contribution in [0.1, 0.15) is 0 Å². The number of hydrogen-bond acceptors (Lipinski definition) is 1. The molecule has 0 saturated heterocycles. The largest absolute Gasteiger partial charge is 0.310 e. The molecule has 10 rings (SSSR count). The fourth-order valence-electron chi connectivity index (χ4n) is 8.22. The number of hydrogen-bond donors (Lipinski definition) is 0. The van der Waals surface area contributed by atoms with Crippen LogP contribution >= 0.6 is 0 Å². The van der Waals surface area contributed by atoms with Gasteiger partial charge in [-0.3, -0.25) is 0 Å². The lowest BCUT2D eigenvalue weighted by molar-refractivity contribution is 1.28. The van der Waals surface area contributed by atoms with Crippen LogP contribution in [0.15, 0.2) is 224 Å². The van der Waals surface area contributed by atoms with Gasteiger partial charge in [0.15, 0.2) is 0 Å². The van der Waals surface area contributed by atoms with E-state index in [0.29, 0.717) is 0 Å². The predicted molar refractivity (Wildman–Crippen MR) is 235 cm³/mol. The lowest BCUT2D eigenvalue weighted by atomic mass is 9.92. The molecule has 1 nitrogen and oxygen atoms in total. The Morgan fingerprint density at radius 3 is 1.51 bits per heavy atom. The minimum absolute atomic E-state index is 1.09. The fraction of sp³-hybridized carbons (Fsp3) is 0. The second kappa shape index (κ2) is 14.0. The Bertz CT molecular complexity index is 2960. The molecule has 0 fully saturated rings. The first-order chi connectivity index (χ1) is 27.3. The fourth-order valence-corrected chi connectivity index (χ4v) is 8.22. The number of fused-ring (bicyclic) bond motifs is 4. The third-order valence-corrected chi connectivity index (χ3v) is 10.8. The van der Waals surface area contributed by atoms with E-state index in [2.05, 4.69) is 229 Å². The quantitative estimate of drug-likeness (QED) is 0.150. The lowest BCUT2D eigenvalue weighted by Gasteiger charge is -2.27. The number of nitrogens with zero attached hydrogens (tertiary/aromatic N) is 1. The van der Waals surface area contributed by atoms with Crippen molar-refractivity contribution in [2.45, 2.75) is 0 Å². The van der Waals surface area contributed by atoms with Crippen molar-refractivity contribution in [2.75, 3.05) is 4.90 Å². The van der Waals surface area contributed by atoms with Crippen molar-refractivity contribution < 1.29 is 0 Å². The van der Waals surface area contributed by atoms with E-state index in [0.717, 1.165) is 17.1 Å². The highest BCUT2D eigenvalue weighted by atomic mass is 15.1. The summed E-state index contributed by atoms with van der Waals surface area (Å²) in [6, 6.07) is 81.5. The second-order valence-electron chi connectivity index (χ2n) is 14.1. The third kappa shape index (κ3) is 6.02. The van der Waals surface area contributed by atoms with E-state index >= 15 is 0 Å². The zero-order chi connectivity index (χ0) is 36.6. The van der Waals surface area contributed by atoms with Crippen molar-refractivity contribution >= 4 is 49.4 Å². The maximum absolute atomic E-state index is 2.40. The number of rotatable bonds is 7. The molecule has 10 aromatic rings. The van der Waals surface area contributed by atoms with Crippen LogP contribution in [0, 0.1) is 0 Å². The first-order valence-corrected chi connectivity index (χ1v) is 18.9. The lowest BCUT2D eigenvalue weighted by Crippen LogP contribution is -2.10. The average molecular weight is 700 g/mol. The molecule has 0 spiro atoms. The molecule has 1 heteroatoms. The van der Waals surface area contributed by atoms with Crippen molar-refractivity contribution in [2.24, 2.45) is 0 Å². The van der Waals surface area contributed by atoms with E-state index in [1.807, 2.05) is 0 Å². The first-order valence-electron chi connectivity index (χ1n) is 18.9. The molecule has 55 heavy (non-hydrogen) atoms. The van der Waals surface area contributed by atoms with E-state index in [9.17, 15) is 0 Å². The van der Waals surface area contributed by atoms with Crippen molar-refractivity contribution in [3.8, 4) is 44.5 Å². The van der Waals surface area contributed by atoms with E-state index < -0.39 is 0 Å². The molecular weight excluding hydrogens is 663 g/mol. The topological polar surface area (TPSA) is 3.24 Å². The number of benzene rings is 10. The molecule has 0 aliphatic rings. The zero-order valence-corrected chi connectivity index (χ0v) is 30.3. The first kappa shape index (κ1) is 32.4. The molecule has 0 aromatic heterocycles. The van der Waals surface area contributed by atoms with Gasteiger partial charge in [0.25, 0.3) is 0 Å². The second-order valence-corrected chi connectivity index (χ2v) is 14.1. The summed E-state index contributed by atoms with van der Waals surface area (Å²) in [5.74, 6) is 0. The summed E-state index contributed by atoms with van der Waals surface area (Å²) in [7, 11) is 0. The Morgan fingerprint density at radius 2 is 0.745 bits per heavy atom. The highest BCUT2D eigenvalue weighted by molar-refractivity contribution is 6.13. The van der Waals surface area contributed by atoms with Crippen LogP contribution in [-0.4, -0.2) is 0 Å². The molecule has 0 aliphatic carbocycles. The molecule has 0 aliphatic heterocycles. The molecule has 10 aromatic carbocycles. The van der Waals surface area contributed by atoms with Crippen molar-refractivity contribution in [3.63, 3.8) is 0 Å². The smallest absolute Gasteiger partial charge is 0.0468 e. The van der Waals surface area contributed by atoms with Crippen molar-refractivity contribution in [1.82, 2.24) is 0 Å². The highest BCUT2D eigenvalue weighted by Gasteiger charge is 2.18. The summed E-state index contributed by atoms with van der Waals surface area (Å²) in [4.78, 5) is 2.40. The van der Waals surface area contributed by atoms with Gasteiger partial charge in [0.05, 0.1) is 0 Å². The van der Waals surface area contributed by atoms with E-state index in [1.165, 1.54) is 76.8 Å². The standard InChI is InChI=1S/C54H37N/c1-3-15-38(16-4-1)50-34-33-46(37-54(50)40-17-5-2-6-18-40)55(45-23-13-22-42(35-45)48-28-14-21-39-19-7-9-24-47(39)48)44-31-29-41(30-32-44)53-36-43-20-8-10-25-49(43)51-26-11-12-27-52(51)53/h1-37H. The van der Waals surface area contributed by atoms with E-state index in [-0.39, 0.29) is 0 Å². The molecular formula is C54H37N.